The molecule has 1 N–H and O–H groups in total. The lowest BCUT2D eigenvalue weighted by Gasteiger charge is -2.38. The first-order chi connectivity index (χ1) is 18.0. The normalized spacial score (nSPS) is 19.2. The molecule has 0 saturated heterocycles. The van der Waals surface area contributed by atoms with Gasteiger partial charge in [0.2, 0.25) is 9.84 Å². The first-order valence-corrected chi connectivity index (χ1v) is 13.0. The lowest BCUT2D eigenvalue weighted by molar-refractivity contribution is 0.0582. The first-order valence-electron chi connectivity index (χ1n) is 11.5. The van der Waals surface area contributed by atoms with Gasteiger partial charge in [0.15, 0.2) is 5.37 Å². The topological polar surface area (TPSA) is 116 Å². The van der Waals surface area contributed by atoms with Crippen molar-refractivity contribution in [1.29, 1.82) is 0 Å². The number of furan rings is 1. The Bertz CT molecular complexity index is 1570. The Labute approximate surface area is 212 Å². The fraction of sp³-hybridized carbons (Fsp3) is 0.154. The Balaban J connectivity index is 1.58. The minimum Gasteiger partial charge on any atom is -0.466 e. The van der Waals surface area contributed by atoms with Crippen LogP contribution in [0.1, 0.15) is 22.7 Å². The number of hydroxylamine groups is 1. The maximum absolute atomic E-state index is 14.0. The Morgan fingerprint density at radius 3 is 2.59 bits per heavy atom. The molecule has 0 radical (unpaired) electrons. The third kappa shape index (κ3) is 3.88. The second-order valence-electron chi connectivity index (χ2n) is 8.57. The maximum Gasteiger partial charge on any atom is 0.342 e. The molecule has 2 aromatic heterocycles. The number of imidazole rings is 1. The average Bonchev–Trinajstić information content (AvgIpc) is 3.58. The van der Waals surface area contributed by atoms with Gasteiger partial charge in [-0.15, -0.1) is 6.58 Å². The second-order valence-corrected chi connectivity index (χ2v) is 10.6. The van der Waals surface area contributed by atoms with Gasteiger partial charge < -0.3 is 13.7 Å². The van der Waals surface area contributed by atoms with Crippen LogP contribution in [-0.2, 0) is 14.7 Å². The smallest absolute Gasteiger partial charge is 0.342 e. The number of ether oxygens (including phenoxy) is 1. The summed E-state index contributed by atoms with van der Waals surface area (Å²) in [6, 6.07) is 14.0. The summed E-state index contributed by atoms with van der Waals surface area (Å²) in [4.78, 5) is 24.3. The summed E-state index contributed by atoms with van der Waals surface area (Å²) in [5.74, 6) is 1.86. The van der Waals surface area contributed by atoms with Crippen LogP contribution in [0.5, 0.6) is 11.5 Å². The first kappa shape index (κ1) is 23.1. The quantitative estimate of drug-likeness (QED) is 0.242. The molecule has 2 atom stereocenters. The summed E-state index contributed by atoms with van der Waals surface area (Å²) in [5, 5.41) is -1.43. The van der Waals surface area contributed by atoms with Crippen molar-refractivity contribution in [1.82, 2.24) is 19.9 Å². The highest BCUT2D eigenvalue weighted by Gasteiger charge is 2.47. The average molecular weight is 519 g/mol. The highest BCUT2D eigenvalue weighted by Crippen LogP contribution is 2.44. The summed E-state index contributed by atoms with van der Waals surface area (Å²) < 4.78 is 41.6. The van der Waals surface area contributed by atoms with E-state index in [2.05, 4.69) is 17.0 Å². The van der Waals surface area contributed by atoms with Crippen LogP contribution in [0.3, 0.4) is 0 Å². The van der Waals surface area contributed by atoms with Gasteiger partial charge in [0.1, 0.15) is 23.1 Å². The molecule has 8 heterocycles. The fourth-order valence-corrected chi connectivity index (χ4v) is 6.47. The van der Waals surface area contributed by atoms with Crippen LogP contribution in [0.15, 0.2) is 95.2 Å². The van der Waals surface area contributed by atoms with Crippen LogP contribution in [-0.4, -0.2) is 42.1 Å². The van der Waals surface area contributed by atoms with Crippen LogP contribution in [0.2, 0.25) is 0 Å². The molecule has 2 aromatic carbocycles. The zero-order valence-corrected chi connectivity index (χ0v) is 20.3. The van der Waals surface area contributed by atoms with Gasteiger partial charge in [-0.2, -0.15) is 0 Å². The monoisotopic (exact) mass is 518 g/mol. The number of rotatable bonds is 3. The standard InChI is InChI=1S/C26H22N4O6S/c1-2-14-35-28-26(31)30-16-22-21-11-15-34-23(21)25(30)37(32,33)20-9-7-19(8-10-20)36-18-5-3-17(4-6-18)24-27-12-13-29(22)24/h2-13,15,22,25H,1,14,16H2,(H,28,31). The van der Waals surface area contributed by atoms with Crippen LogP contribution in [0.25, 0.3) is 11.4 Å². The summed E-state index contributed by atoms with van der Waals surface area (Å²) in [5.41, 5.74) is 3.79. The lowest BCUT2D eigenvalue weighted by atomic mass is 10.0. The third-order valence-corrected chi connectivity index (χ3v) is 8.37. The van der Waals surface area contributed by atoms with Crippen molar-refractivity contribution in [3.05, 3.63) is 97.2 Å². The summed E-state index contributed by atoms with van der Waals surface area (Å²) in [6.07, 6.45) is 6.36. The molecule has 4 aromatic rings. The van der Waals surface area contributed by atoms with E-state index in [1.165, 1.54) is 29.4 Å². The van der Waals surface area contributed by atoms with E-state index in [9.17, 15) is 13.2 Å². The molecule has 37 heavy (non-hydrogen) atoms. The third-order valence-electron chi connectivity index (χ3n) is 6.38. The SMILES string of the molecule is C=CCONC(=O)N1CC2c3ccoc3C1S(=O)(=O)c1ccc(cc1)Oc1ccc(cc1)-c1nccn12. The zero-order valence-electron chi connectivity index (χ0n) is 19.5. The summed E-state index contributed by atoms with van der Waals surface area (Å²) in [7, 11) is -4.13. The summed E-state index contributed by atoms with van der Waals surface area (Å²) >= 11 is 0. The van der Waals surface area contributed by atoms with E-state index in [-0.39, 0.29) is 23.8 Å². The molecular formula is C26H22N4O6S. The van der Waals surface area contributed by atoms with Crippen molar-refractivity contribution in [2.75, 3.05) is 13.2 Å². The lowest BCUT2D eigenvalue weighted by Crippen LogP contribution is -2.50. The van der Waals surface area contributed by atoms with Gasteiger partial charge in [-0.3, -0.25) is 9.74 Å². The number of carbonyl (C=O) groups excluding carboxylic acids is 1. The number of nitrogens with one attached hydrogen (secondary N) is 1. The number of sulfone groups is 1. The van der Waals surface area contributed by atoms with Gasteiger partial charge in [-0.25, -0.2) is 23.7 Å². The molecule has 2 amide bonds. The number of hydrogen-bond acceptors (Lipinski definition) is 7. The molecule has 11 heteroatoms. The van der Waals surface area contributed by atoms with Gasteiger partial charge in [0, 0.05) is 30.1 Å². The maximum atomic E-state index is 14.0. The molecule has 188 valence electrons. The Morgan fingerprint density at radius 1 is 1.14 bits per heavy atom. The highest BCUT2D eigenvalue weighted by molar-refractivity contribution is 7.91. The number of hydrogen-bond donors (Lipinski definition) is 1. The van der Waals surface area contributed by atoms with Crippen molar-refractivity contribution in [3.8, 4) is 22.9 Å². The van der Waals surface area contributed by atoms with E-state index in [1.807, 2.05) is 28.8 Å². The number of amides is 2. The van der Waals surface area contributed by atoms with E-state index < -0.39 is 27.3 Å². The van der Waals surface area contributed by atoms with Gasteiger partial charge >= 0.3 is 6.03 Å². The molecule has 0 saturated carbocycles. The number of fused-ring (bicyclic) bond motifs is 1. The number of nitrogens with zero attached hydrogens (tertiary/aromatic N) is 3. The Kier molecular flexibility index (Phi) is 5.58. The van der Waals surface area contributed by atoms with Crippen molar-refractivity contribution >= 4 is 15.9 Å². The van der Waals surface area contributed by atoms with Crippen molar-refractivity contribution in [2.24, 2.45) is 0 Å². The second kappa shape index (κ2) is 8.95. The van der Waals surface area contributed by atoms with Crippen LogP contribution >= 0.6 is 0 Å². The molecule has 0 fully saturated rings. The van der Waals surface area contributed by atoms with E-state index >= 15 is 0 Å². The van der Waals surface area contributed by atoms with Gasteiger partial charge in [-0.05, 0) is 54.6 Å². The zero-order chi connectivity index (χ0) is 25.6. The van der Waals surface area contributed by atoms with Crippen molar-refractivity contribution in [3.63, 3.8) is 0 Å². The molecule has 6 aliphatic rings. The van der Waals surface area contributed by atoms with Crippen molar-refractivity contribution in [2.45, 2.75) is 16.3 Å². The number of benzene rings is 2. The summed E-state index contributed by atoms with van der Waals surface area (Å²) in [6.45, 7) is 3.63. The van der Waals surface area contributed by atoms with Gasteiger partial charge in [0.05, 0.1) is 23.8 Å². The molecule has 6 bridgehead atoms. The molecule has 6 aliphatic heterocycles. The Hall–Kier alpha value is -4.35. The fourth-order valence-electron chi connectivity index (χ4n) is 4.71. The van der Waals surface area contributed by atoms with Crippen LogP contribution < -0.4 is 10.2 Å². The van der Waals surface area contributed by atoms with E-state index in [4.69, 9.17) is 14.0 Å². The van der Waals surface area contributed by atoms with Crippen LogP contribution in [0, 0.1) is 0 Å². The van der Waals surface area contributed by atoms with Crippen LogP contribution in [0.4, 0.5) is 4.79 Å². The van der Waals surface area contributed by atoms with Crippen molar-refractivity contribution < 1.29 is 27.2 Å². The number of urea groups is 1. The number of carbonyl (C=O) groups is 1. The molecule has 2 unspecified atom stereocenters. The van der Waals surface area contributed by atoms with E-state index in [0.29, 0.717) is 22.9 Å². The molecule has 10 rings (SSSR count). The minimum atomic E-state index is -4.13. The van der Waals surface area contributed by atoms with E-state index in [0.717, 1.165) is 5.56 Å². The minimum absolute atomic E-state index is 0.0150. The van der Waals surface area contributed by atoms with Gasteiger partial charge in [-0.1, -0.05) is 6.08 Å². The Morgan fingerprint density at radius 2 is 1.86 bits per heavy atom. The predicted molar refractivity (Wildman–Crippen MR) is 132 cm³/mol. The molecule has 10 nitrogen and oxygen atoms in total. The highest BCUT2D eigenvalue weighted by atomic mass is 32.2. The molecular weight excluding hydrogens is 496 g/mol. The predicted octanol–water partition coefficient (Wildman–Crippen LogP) is 4.45. The van der Waals surface area contributed by atoms with Gasteiger partial charge in [0.25, 0.3) is 0 Å². The number of aromatic nitrogens is 2. The molecule has 0 spiro atoms. The van der Waals surface area contributed by atoms with E-state index in [1.54, 1.807) is 30.6 Å². The molecule has 0 aliphatic carbocycles. The largest absolute Gasteiger partial charge is 0.466 e.